The van der Waals surface area contributed by atoms with Gasteiger partial charge in [0.2, 0.25) is 0 Å². The lowest BCUT2D eigenvalue weighted by atomic mass is 9.98. The van der Waals surface area contributed by atoms with Crippen molar-refractivity contribution < 1.29 is 14.3 Å². The second-order valence-electron chi connectivity index (χ2n) is 9.62. The minimum absolute atomic E-state index is 0.0696. The van der Waals surface area contributed by atoms with Crippen molar-refractivity contribution >= 4 is 11.7 Å². The second kappa shape index (κ2) is 11.1. The molecular formula is C29H32N4O3. The number of aryl methyl sites for hydroxylation is 1. The van der Waals surface area contributed by atoms with Crippen molar-refractivity contribution in [2.24, 2.45) is 0 Å². The summed E-state index contributed by atoms with van der Waals surface area (Å²) in [7, 11) is 1.61. The molecule has 6 bridgehead atoms. The van der Waals surface area contributed by atoms with Crippen molar-refractivity contribution in [1.29, 1.82) is 0 Å². The Kier molecular flexibility index (Phi) is 7.49. The van der Waals surface area contributed by atoms with Crippen LogP contribution in [0.3, 0.4) is 0 Å². The number of carbonyl (C=O) groups excluding carboxylic acids is 2. The van der Waals surface area contributed by atoms with E-state index in [1.165, 1.54) is 0 Å². The van der Waals surface area contributed by atoms with E-state index in [2.05, 4.69) is 33.4 Å². The monoisotopic (exact) mass is 484 g/mol. The lowest BCUT2D eigenvalue weighted by molar-refractivity contribution is -0.123. The van der Waals surface area contributed by atoms with Gasteiger partial charge in [0.25, 0.3) is 5.91 Å². The minimum Gasteiger partial charge on any atom is -0.383 e. The number of rotatable bonds is 4. The molecule has 0 radical (unpaired) electrons. The third-order valence-corrected chi connectivity index (χ3v) is 6.98. The van der Waals surface area contributed by atoms with Gasteiger partial charge in [-0.05, 0) is 66.8 Å². The van der Waals surface area contributed by atoms with Crippen LogP contribution in [0.5, 0.6) is 0 Å². The zero-order chi connectivity index (χ0) is 24.9. The van der Waals surface area contributed by atoms with E-state index in [-0.39, 0.29) is 11.9 Å². The number of ether oxygens (including phenoxy) is 1. The van der Waals surface area contributed by atoms with Crippen molar-refractivity contribution in [2.45, 2.75) is 44.7 Å². The quantitative estimate of drug-likeness (QED) is 0.570. The maximum Gasteiger partial charge on any atom is 0.251 e. The van der Waals surface area contributed by atoms with Crippen LogP contribution in [0.4, 0.5) is 0 Å². The summed E-state index contributed by atoms with van der Waals surface area (Å²) in [5, 5.41) is 2.92. The average Bonchev–Trinajstić information content (AvgIpc) is 3.35. The highest BCUT2D eigenvalue weighted by Gasteiger charge is 2.30. The first-order valence-corrected chi connectivity index (χ1v) is 12.7. The first kappa shape index (κ1) is 24.3. The van der Waals surface area contributed by atoms with E-state index in [9.17, 15) is 9.59 Å². The molecule has 1 amide bonds. The molecule has 1 atom stereocenters. The third-order valence-electron chi connectivity index (χ3n) is 6.98. The molecule has 5 rings (SSSR count). The molecule has 0 aliphatic carbocycles. The van der Waals surface area contributed by atoms with Crippen LogP contribution in [0.25, 0.3) is 11.3 Å². The van der Waals surface area contributed by atoms with Crippen LogP contribution >= 0.6 is 0 Å². The van der Waals surface area contributed by atoms with Gasteiger partial charge in [0.05, 0.1) is 18.3 Å². The number of nitrogens with one attached hydrogen (secondary N) is 1. The van der Waals surface area contributed by atoms with Gasteiger partial charge in [0.1, 0.15) is 11.6 Å². The van der Waals surface area contributed by atoms with Gasteiger partial charge < -0.3 is 10.1 Å². The van der Waals surface area contributed by atoms with Crippen LogP contribution in [-0.2, 0) is 28.9 Å². The first-order chi connectivity index (χ1) is 17.6. The predicted molar refractivity (Wildman–Crippen MR) is 138 cm³/mol. The van der Waals surface area contributed by atoms with Gasteiger partial charge in [0.15, 0.2) is 0 Å². The Morgan fingerprint density at radius 1 is 1.11 bits per heavy atom. The van der Waals surface area contributed by atoms with Gasteiger partial charge >= 0.3 is 0 Å². The molecule has 2 aliphatic rings. The summed E-state index contributed by atoms with van der Waals surface area (Å²) in [4.78, 5) is 37.8. The van der Waals surface area contributed by atoms with Crippen LogP contribution < -0.4 is 5.32 Å². The maximum absolute atomic E-state index is 13.2. The predicted octanol–water partition coefficient (Wildman–Crippen LogP) is 3.59. The summed E-state index contributed by atoms with van der Waals surface area (Å²) in [6, 6.07) is 16.1. The number of methoxy groups -OCH3 is 1. The molecule has 0 saturated carbocycles. The number of Topliss-reactive ketones (excluding diaryl/α,β-unsaturated/α-hetero) is 1. The Labute approximate surface area is 211 Å². The van der Waals surface area contributed by atoms with Gasteiger partial charge in [-0.2, -0.15) is 0 Å². The molecule has 0 spiro atoms. The molecule has 1 N–H and O–H groups in total. The van der Waals surface area contributed by atoms with E-state index < -0.39 is 0 Å². The van der Waals surface area contributed by atoms with Gasteiger partial charge in [-0.15, -0.1) is 0 Å². The summed E-state index contributed by atoms with van der Waals surface area (Å²) in [6.07, 6.45) is 5.44. The fraction of sp³-hybridized carbons (Fsp3) is 0.379. The summed E-state index contributed by atoms with van der Waals surface area (Å²) >= 11 is 0. The number of fused-ring (bicyclic) bond motifs is 8. The molecule has 2 aromatic carbocycles. The number of benzene rings is 2. The van der Waals surface area contributed by atoms with Crippen LogP contribution in [0, 0.1) is 0 Å². The average molecular weight is 485 g/mol. The molecule has 3 heterocycles. The van der Waals surface area contributed by atoms with E-state index >= 15 is 0 Å². The lowest BCUT2D eigenvalue weighted by Crippen LogP contribution is -2.36. The normalized spacial score (nSPS) is 18.0. The van der Waals surface area contributed by atoms with Crippen molar-refractivity contribution in [3.8, 4) is 11.3 Å². The van der Waals surface area contributed by atoms with E-state index in [4.69, 9.17) is 9.72 Å². The van der Waals surface area contributed by atoms with E-state index in [0.29, 0.717) is 49.7 Å². The molecule has 186 valence electrons. The van der Waals surface area contributed by atoms with Crippen molar-refractivity contribution in [3.63, 3.8) is 0 Å². The Morgan fingerprint density at radius 3 is 2.89 bits per heavy atom. The van der Waals surface area contributed by atoms with Crippen LogP contribution in [0.1, 0.15) is 52.1 Å². The summed E-state index contributed by atoms with van der Waals surface area (Å²) < 4.78 is 5.07. The SMILES string of the molecule is COCCNC(=O)c1cc2cc(c1)CN1CCC[C@@H]1C(=O)CCc1cccc(c1)-c1ccnc(n1)C2. The molecule has 1 saturated heterocycles. The Balaban J connectivity index is 1.54. The highest BCUT2D eigenvalue weighted by Crippen LogP contribution is 2.26. The number of hydrogen-bond donors (Lipinski definition) is 1. The number of carbonyl (C=O) groups is 2. The van der Waals surface area contributed by atoms with Crippen LogP contribution in [0.15, 0.2) is 54.7 Å². The Morgan fingerprint density at radius 2 is 2.00 bits per heavy atom. The number of hydrogen-bond acceptors (Lipinski definition) is 6. The summed E-state index contributed by atoms with van der Waals surface area (Å²) in [6.45, 7) is 2.43. The second-order valence-corrected chi connectivity index (χ2v) is 9.62. The van der Waals surface area contributed by atoms with Crippen LogP contribution in [-0.4, -0.2) is 59.4 Å². The first-order valence-electron chi connectivity index (χ1n) is 12.7. The molecule has 0 unspecified atom stereocenters. The number of nitrogens with zero attached hydrogens (tertiary/aromatic N) is 3. The zero-order valence-electron chi connectivity index (χ0n) is 20.7. The molecule has 3 aromatic rings. The molecule has 7 nitrogen and oxygen atoms in total. The molecule has 1 fully saturated rings. The van der Waals surface area contributed by atoms with Crippen LogP contribution in [0.2, 0.25) is 0 Å². The molecular weight excluding hydrogens is 452 g/mol. The smallest absolute Gasteiger partial charge is 0.251 e. The molecule has 7 heteroatoms. The fourth-order valence-electron chi connectivity index (χ4n) is 5.22. The number of aromatic nitrogens is 2. The van der Waals surface area contributed by atoms with E-state index in [1.54, 1.807) is 13.3 Å². The highest BCUT2D eigenvalue weighted by atomic mass is 16.5. The van der Waals surface area contributed by atoms with Gasteiger partial charge in [-0.25, -0.2) is 9.97 Å². The van der Waals surface area contributed by atoms with Gasteiger partial charge in [-0.1, -0.05) is 24.3 Å². The maximum atomic E-state index is 13.2. The highest BCUT2D eigenvalue weighted by molar-refractivity contribution is 5.94. The third kappa shape index (κ3) is 5.69. The largest absolute Gasteiger partial charge is 0.383 e. The molecule has 2 aliphatic heterocycles. The van der Waals surface area contributed by atoms with E-state index in [0.717, 1.165) is 53.8 Å². The minimum atomic E-state index is -0.134. The molecule has 1 aromatic heterocycles. The van der Waals surface area contributed by atoms with Crippen molar-refractivity contribution in [1.82, 2.24) is 20.2 Å². The van der Waals surface area contributed by atoms with Crippen molar-refractivity contribution in [3.05, 3.63) is 82.8 Å². The summed E-state index contributed by atoms with van der Waals surface area (Å²) in [5.41, 5.74) is 5.63. The van der Waals surface area contributed by atoms with Crippen molar-refractivity contribution in [2.75, 3.05) is 26.8 Å². The Hall–Kier alpha value is -3.42. The lowest BCUT2D eigenvalue weighted by Gasteiger charge is -2.24. The number of amides is 1. The standard InChI is InChI=1S/C29H32N4O3/c1-36-13-11-31-29(35)24-16-21-14-22(17-24)19-33-12-3-6-26(33)27(34)8-7-20-4-2-5-23(15-20)25-9-10-30-28(18-21)32-25/h2,4-5,9-10,14-17,26H,3,6-8,11-13,18-19H2,1H3,(H,31,35)/t26-/m1/s1. The van der Waals surface area contributed by atoms with Gasteiger partial charge in [-0.3, -0.25) is 14.5 Å². The molecule has 36 heavy (non-hydrogen) atoms. The summed E-state index contributed by atoms with van der Waals surface area (Å²) in [5.74, 6) is 0.871. The topological polar surface area (TPSA) is 84.4 Å². The zero-order valence-corrected chi connectivity index (χ0v) is 20.7. The fourth-order valence-corrected chi connectivity index (χ4v) is 5.22. The van der Waals surface area contributed by atoms with Gasteiger partial charge in [0, 0.05) is 50.4 Å². The Bertz CT molecular complexity index is 1260. The number of ketones is 1. The van der Waals surface area contributed by atoms with E-state index in [1.807, 2.05) is 30.3 Å².